The van der Waals surface area contributed by atoms with E-state index in [0.717, 1.165) is 24.2 Å². The molecule has 0 aromatic carbocycles. The van der Waals surface area contributed by atoms with Crippen molar-refractivity contribution < 1.29 is 0 Å². The first-order valence-corrected chi connectivity index (χ1v) is 6.13. The van der Waals surface area contributed by atoms with Gasteiger partial charge < -0.3 is 5.73 Å². The molecule has 2 N–H and O–H groups in total. The van der Waals surface area contributed by atoms with E-state index in [9.17, 15) is 0 Å². The second kappa shape index (κ2) is 6.55. The summed E-state index contributed by atoms with van der Waals surface area (Å²) in [5.41, 5.74) is 7.00. The summed E-state index contributed by atoms with van der Waals surface area (Å²) >= 11 is 3.34. The van der Waals surface area contributed by atoms with Gasteiger partial charge in [-0.1, -0.05) is 6.07 Å². The van der Waals surface area contributed by atoms with E-state index in [1.807, 2.05) is 12.3 Å². The number of hydrogen-bond donors (Lipinski definition) is 1. The Morgan fingerprint density at radius 3 is 2.94 bits per heavy atom. The van der Waals surface area contributed by atoms with Gasteiger partial charge in [0.15, 0.2) is 0 Å². The molecule has 1 saturated heterocycles. The Morgan fingerprint density at radius 2 is 2.31 bits per heavy atom. The Kier molecular flexibility index (Phi) is 5.69. The van der Waals surface area contributed by atoms with Crippen molar-refractivity contribution in [3.8, 4) is 0 Å². The number of hydrogen-bond acceptors (Lipinski definition) is 3. The van der Waals surface area contributed by atoms with Gasteiger partial charge in [0, 0.05) is 25.3 Å². The molecule has 0 aliphatic carbocycles. The molecule has 5 heteroatoms. The lowest BCUT2D eigenvalue weighted by atomic mass is 10.2. The van der Waals surface area contributed by atoms with Crippen molar-refractivity contribution in [2.24, 2.45) is 5.73 Å². The lowest BCUT2D eigenvalue weighted by Crippen LogP contribution is -2.34. The minimum Gasteiger partial charge on any atom is -0.329 e. The molecule has 0 radical (unpaired) electrons. The van der Waals surface area contributed by atoms with Crippen LogP contribution in [0.3, 0.4) is 0 Å². The molecule has 1 aromatic rings. The predicted molar refractivity (Wildman–Crippen MR) is 71.7 cm³/mol. The molecule has 16 heavy (non-hydrogen) atoms. The topological polar surface area (TPSA) is 42.1 Å². The maximum absolute atomic E-state index is 5.74. The summed E-state index contributed by atoms with van der Waals surface area (Å²) < 4.78 is 0.892. The first-order valence-electron chi connectivity index (χ1n) is 5.34. The van der Waals surface area contributed by atoms with Crippen LogP contribution in [0.4, 0.5) is 0 Å². The highest BCUT2D eigenvalue weighted by Gasteiger charge is 2.22. The van der Waals surface area contributed by atoms with Crippen molar-refractivity contribution in [1.82, 2.24) is 9.88 Å². The zero-order chi connectivity index (χ0) is 10.7. The van der Waals surface area contributed by atoms with Crippen molar-refractivity contribution in [2.75, 3.05) is 13.1 Å². The summed E-state index contributed by atoms with van der Waals surface area (Å²) in [6, 6.07) is 4.67. The average Bonchev–Trinajstić information content (AvgIpc) is 2.69. The largest absolute Gasteiger partial charge is 0.329 e. The number of halogens is 2. The van der Waals surface area contributed by atoms with Crippen LogP contribution in [-0.2, 0) is 6.54 Å². The molecule has 1 aromatic heterocycles. The van der Waals surface area contributed by atoms with Crippen LogP contribution >= 0.6 is 28.3 Å². The van der Waals surface area contributed by atoms with Gasteiger partial charge in [0.1, 0.15) is 4.60 Å². The summed E-state index contributed by atoms with van der Waals surface area (Å²) in [5, 5.41) is 0. The lowest BCUT2D eigenvalue weighted by Gasteiger charge is -2.22. The lowest BCUT2D eigenvalue weighted by molar-refractivity contribution is 0.250. The van der Waals surface area contributed by atoms with Crippen LogP contribution in [-0.4, -0.2) is 29.0 Å². The van der Waals surface area contributed by atoms with Gasteiger partial charge in [-0.05, 0) is 46.9 Å². The molecule has 0 amide bonds. The fraction of sp³-hybridized carbons (Fsp3) is 0.545. The minimum absolute atomic E-state index is 0. The first kappa shape index (κ1) is 13.9. The molecule has 0 bridgehead atoms. The van der Waals surface area contributed by atoms with E-state index in [1.165, 1.54) is 18.4 Å². The van der Waals surface area contributed by atoms with Crippen LogP contribution in [0.1, 0.15) is 18.4 Å². The SMILES string of the molecule is Cl.NCC1CCCN1Cc1ccc(Br)nc1. The number of pyridine rings is 1. The molecule has 90 valence electrons. The molecule has 1 unspecified atom stereocenters. The van der Waals surface area contributed by atoms with Gasteiger partial charge in [0.2, 0.25) is 0 Å². The van der Waals surface area contributed by atoms with Crippen LogP contribution in [0.25, 0.3) is 0 Å². The molecule has 2 rings (SSSR count). The highest BCUT2D eigenvalue weighted by Crippen LogP contribution is 2.19. The maximum Gasteiger partial charge on any atom is 0.106 e. The van der Waals surface area contributed by atoms with E-state index in [-0.39, 0.29) is 12.4 Å². The van der Waals surface area contributed by atoms with Crippen molar-refractivity contribution in [1.29, 1.82) is 0 Å². The molecule has 1 fully saturated rings. The van der Waals surface area contributed by atoms with Crippen LogP contribution in [0.2, 0.25) is 0 Å². The van der Waals surface area contributed by atoms with E-state index in [1.54, 1.807) is 0 Å². The molecule has 3 nitrogen and oxygen atoms in total. The van der Waals surface area contributed by atoms with E-state index in [0.29, 0.717) is 6.04 Å². The fourth-order valence-corrected chi connectivity index (χ4v) is 2.34. The second-order valence-corrected chi connectivity index (χ2v) is 4.80. The highest BCUT2D eigenvalue weighted by atomic mass is 79.9. The Hall–Kier alpha value is -0.160. The number of nitrogens with two attached hydrogens (primary N) is 1. The average molecular weight is 307 g/mol. The molecule has 1 atom stereocenters. The summed E-state index contributed by atoms with van der Waals surface area (Å²) in [6.45, 7) is 2.91. The highest BCUT2D eigenvalue weighted by molar-refractivity contribution is 9.10. The molecule has 0 saturated carbocycles. The molecule has 1 aliphatic heterocycles. The third-order valence-electron chi connectivity index (χ3n) is 2.95. The van der Waals surface area contributed by atoms with Gasteiger partial charge in [-0.3, -0.25) is 4.90 Å². The summed E-state index contributed by atoms with van der Waals surface area (Å²) in [5.74, 6) is 0. The van der Waals surface area contributed by atoms with Crippen LogP contribution in [0.15, 0.2) is 22.9 Å². The first-order chi connectivity index (χ1) is 7.29. The second-order valence-electron chi connectivity index (χ2n) is 3.99. The molecule has 0 spiro atoms. The fourth-order valence-electron chi connectivity index (χ4n) is 2.10. The zero-order valence-electron chi connectivity index (χ0n) is 9.10. The van der Waals surface area contributed by atoms with Crippen molar-refractivity contribution in [3.05, 3.63) is 28.5 Å². The van der Waals surface area contributed by atoms with Crippen molar-refractivity contribution in [2.45, 2.75) is 25.4 Å². The van der Waals surface area contributed by atoms with E-state index in [4.69, 9.17) is 5.73 Å². The third kappa shape index (κ3) is 3.42. The Bertz CT molecular complexity index is 318. The minimum atomic E-state index is 0. The quantitative estimate of drug-likeness (QED) is 0.871. The summed E-state index contributed by atoms with van der Waals surface area (Å²) in [6.07, 6.45) is 4.43. The summed E-state index contributed by atoms with van der Waals surface area (Å²) in [7, 11) is 0. The zero-order valence-corrected chi connectivity index (χ0v) is 11.5. The van der Waals surface area contributed by atoms with Gasteiger partial charge in [-0.15, -0.1) is 12.4 Å². The van der Waals surface area contributed by atoms with Gasteiger partial charge in [-0.2, -0.15) is 0 Å². The van der Waals surface area contributed by atoms with Gasteiger partial charge in [-0.25, -0.2) is 4.98 Å². The van der Waals surface area contributed by atoms with Crippen molar-refractivity contribution in [3.63, 3.8) is 0 Å². The van der Waals surface area contributed by atoms with E-state index >= 15 is 0 Å². The van der Waals surface area contributed by atoms with E-state index < -0.39 is 0 Å². The Labute approximate surface area is 111 Å². The number of aromatic nitrogens is 1. The summed E-state index contributed by atoms with van der Waals surface area (Å²) in [4.78, 5) is 6.68. The van der Waals surface area contributed by atoms with Crippen LogP contribution in [0.5, 0.6) is 0 Å². The van der Waals surface area contributed by atoms with Gasteiger partial charge in [0.25, 0.3) is 0 Å². The van der Waals surface area contributed by atoms with E-state index in [2.05, 4.69) is 31.9 Å². The molecular weight excluding hydrogens is 289 g/mol. The smallest absolute Gasteiger partial charge is 0.106 e. The predicted octanol–water partition coefficient (Wildman–Crippen LogP) is 2.19. The number of likely N-dealkylation sites (tertiary alicyclic amines) is 1. The Morgan fingerprint density at radius 1 is 1.50 bits per heavy atom. The molecule has 1 aliphatic rings. The standard InChI is InChI=1S/C11H16BrN3.ClH/c12-11-4-3-9(7-14-11)8-15-5-1-2-10(15)6-13;/h3-4,7,10H,1-2,5-6,8,13H2;1H. The third-order valence-corrected chi connectivity index (χ3v) is 3.41. The Balaban J connectivity index is 0.00000128. The monoisotopic (exact) mass is 305 g/mol. The molecular formula is C11H17BrClN3. The van der Waals surface area contributed by atoms with Gasteiger partial charge >= 0.3 is 0 Å². The van der Waals surface area contributed by atoms with Gasteiger partial charge in [0.05, 0.1) is 0 Å². The number of rotatable bonds is 3. The van der Waals surface area contributed by atoms with Crippen LogP contribution in [0, 0.1) is 0 Å². The molecule has 2 heterocycles. The normalized spacial score (nSPS) is 20.8. The van der Waals surface area contributed by atoms with Crippen molar-refractivity contribution >= 4 is 28.3 Å². The maximum atomic E-state index is 5.74. The number of nitrogens with zero attached hydrogens (tertiary/aromatic N) is 2. The van der Waals surface area contributed by atoms with Crippen LogP contribution < -0.4 is 5.73 Å².